The van der Waals surface area contributed by atoms with E-state index in [4.69, 9.17) is 0 Å². The van der Waals surface area contributed by atoms with E-state index in [-0.39, 0.29) is 0 Å². The summed E-state index contributed by atoms with van der Waals surface area (Å²) in [6.07, 6.45) is 1.14. The van der Waals surface area contributed by atoms with Crippen LogP contribution in [0.5, 0.6) is 0 Å². The highest BCUT2D eigenvalue weighted by molar-refractivity contribution is 8.00. The summed E-state index contributed by atoms with van der Waals surface area (Å²) >= 11 is 1.80. The van der Waals surface area contributed by atoms with Gasteiger partial charge in [0.05, 0.1) is 5.69 Å². The van der Waals surface area contributed by atoms with Gasteiger partial charge in [0.15, 0.2) is 0 Å². The minimum Gasteiger partial charge on any atom is -0.329 e. The van der Waals surface area contributed by atoms with Gasteiger partial charge in [-0.2, -0.15) is 0 Å². The molecular weight excluding hydrogens is 286 g/mol. The molecule has 0 unspecified atom stereocenters. The minimum atomic E-state index is 1.14. The van der Waals surface area contributed by atoms with E-state index in [1.54, 1.807) is 11.9 Å². The lowest BCUT2D eigenvalue weighted by atomic mass is 9.97. The molecule has 22 heavy (non-hydrogen) atoms. The highest BCUT2D eigenvalue weighted by Crippen LogP contribution is 2.36. The maximum atomic E-state index is 3.49. The number of fused-ring (bicyclic) bond motifs is 1. The molecule has 1 N–H and O–H groups in total. The van der Waals surface area contributed by atoms with Crippen LogP contribution in [0.4, 0.5) is 5.69 Å². The number of anilines is 1. The van der Waals surface area contributed by atoms with Crippen molar-refractivity contribution in [3.8, 4) is 22.3 Å². The fourth-order valence-corrected chi connectivity index (χ4v) is 3.74. The van der Waals surface area contributed by atoms with Gasteiger partial charge in [0.2, 0.25) is 0 Å². The first kappa shape index (κ1) is 13.5. The molecule has 1 nitrogen and oxygen atoms in total. The number of para-hydroxylation sites is 1. The molecule has 0 saturated carbocycles. The molecule has 0 spiro atoms. The van der Waals surface area contributed by atoms with Gasteiger partial charge in [0.1, 0.15) is 0 Å². The predicted octanol–water partition coefficient (Wildman–Crippen LogP) is 5.64. The van der Waals surface area contributed by atoms with Crippen molar-refractivity contribution in [2.75, 3.05) is 10.5 Å². The van der Waals surface area contributed by atoms with Crippen molar-refractivity contribution in [3.05, 3.63) is 78.4 Å². The average Bonchev–Trinajstić information content (AvgIpc) is 2.62. The van der Waals surface area contributed by atoms with E-state index < -0.39 is 0 Å². The van der Waals surface area contributed by atoms with E-state index in [9.17, 15) is 0 Å². The monoisotopic (exact) mass is 303 g/mol. The summed E-state index contributed by atoms with van der Waals surface area (Å²) in [6, 6.07) is 26.0. The van der Waals surface area contributed by atoms with Gasteiger partial charge in [0, 0.05) is 11.3 Å². The molecule has 0 amide bonds. The Labute approximate surface area is 135 Å². The molecule has 3 aromatic carbocycles. The molecule has 3 aromatic rings. The van der Waals surface area contributed by atoms with Crippen molar-refractivity contribution >= 4 is 17.6 Å². The van der Waals surface area contributed by atoms with E-state index >= 15 is 0 Å². The van der Waals surface area contributed by atoms with Crippen molar-refractivity contribution in [3.63, 3.8) is 0 Å². The Morgan fingerprint density at radius 3 is 2.23 bits per heavy atom. The molecule has 1 aliphatic heterocycles. The molecule has 0 saturated heterocycles. The van der Waals surface area contributed by atoms with E-state index in [1.807, 2.05) is 0 Å². The third kappa shape index (κ3) is 2.51. The van der Waals surface area contributed by atoms with Crippen LogP contribution in [0.2, 0.25) is 0 Å². The summed E-state index contributed by atoms with van der Waals surface area (Å²) in [4.78, 5) is 0. The Morgan fingerprint density at radius 1 is 0.682 bits per heavy atom. The molecule has 0 aromatic heterocycles. The van der Waals surface area contributed by atoms with E-state index in [1.165, 1.54) is 33.5 Å². The maximum Gasteiger partial charge on any atom is 0.0551 e. The maximum absolute atomic E-state index is 3.49. The number of hydrogen-bond acceptors (Lipinski definition) is 2. The first-order chi connectivity index (χ1) is 10.9. The number of rotatable bonds is 2. The van der Waals surface area contributed by atoms with Crippen molar-refractivity contribution in [1.82, 2.24) is 0 Å². The van der Waals surface area contributed by atoms with Crippen molar-refractivity contribution < 1.29 is 0 Å². The van der Waals surface area contributed by atoms with Crippen LogP contribution in [0.15, 0.2) is 72.8 Å². The van der Waals surface area contributed by atoms with Crippen LogP contribution < -0.4 is 4.72 Å². The van der Waals surface area contributed by atoms with Gasteiger partial charge in [-0.25, -0.2) is 0 Å². The second-order valence-electron chi connectivity index (χ2n) is 5.48. The quantitative estimate of drug-likeness (QED) is 0.615. The molecule has 0 aliphatic carbocycles. The molecule has 108 valence electrons. The summed E-state index contributed by atoms with van der Waals surface area (Å²) in [6.45, 7) is 0. The van der Waals surface area contributed by atoms with Gasteiger partial charge in [-0.1, -0.05) is 84.7 Å². The molecule has 0 bridgehead atoms. The van der Waals surface area contributed by atoms with Crippen LogP contribution >= 0.6 is 11.9 Å². The summed E-state index contributed by atoms with van der Waals surface area (Å²) in [5, 5.41) is 0. The normalized spacial score (nSPS) is 13.3. The number of nitrogens with one attached hydrogen (secondary N) is 1. The molecular formula is C20H17NS. The smallest absolute Gasteiger partial charge is 0.0551 e. The molecule has 2 heteroatoms. The van der Waals surface area contributed by atoms with Gasteiger partial charge in [-0.05, 0) is 28.7 Å². The largest absolute Gasteiger partial charge is 0.329 e. The van der Waals surface area contributed by atoms with Gasteiger partial charge >= 0.3 is 0 Å². The summed E-state index contributed by atoms with van der Waals surface area (Å²) < 4.78 is 3.49. The molecule has 0 radical (unpaired) electrons. The standard InChI is InChI=1S/C20H17NS/c1-2-5-15(6-3-1)16-9-11-17(12-10-16)19-8-4-7-18-13-14-22-21-20(18)19/h1-12,21H,13-14H2. The highest BCUT2D eigenvalue weighted by atomic mass is 32.2. The van der Waals surface area contributed by atoms with Crippen molar-refractivity contribution in [1.29, 1.82) is 0 Å². The Hall–Kier alpha value is -2.19. The zero-order valence-electron chi connectivity index (χ0n) is 12.3. The third-order valence-electron chi connectivity index (χ3n) is 4.10. The first-order valence-corrected chi connectivity index (χ1v) is 8.56. The minimum absolute atomic E-state index is 1.14. The lowest BCUT2D eigenvalue weighted by molar-refractivity contribution is 1.15. The van der Waals surface area contributed by atoms with Crippen LogP contribution in [-0.2, 0) is 6.42 Å². The molecule has 1 aliphatic rings. The second kappa shape index (κ2) is 5.90. The summed E-state index contributed by atoms with van der Waals surface area (Å²) in [5.74, 6) is 1.14. The van der Waals surface area contributed by atoms with Crippen LogP contribution in [0.25, 0.3) is 22.3 Å². The molecule has 0 atom stereocenters. The fraction of sp³-hybridized carbons (Fsp3) is 0.100. The number of aryl methyl sites for hydroxylation is 1. The van der Waals surface area contributed by atoms with Crippen LogP contribution in [0, 0.1) is 0 Å². The van der Waals surface area contributed by atoms with Crippen molar-refractivity contribution in [2.45, 2.75) is 6.42 Å². The summed E-state index contributed by atoms with van der Waals surface area (Å²) in [5.41, 5.74) is 7.79. The van der Waals surface area contributed by atoms with E-state index in [2.05, 4.69) is 77.5 Å². The summed E-state index contributed by atoms with van der Waals surface area (Å²) in [7, 11) is 0. The number of benzene rings is 3. The van der Waals surface area contributed by atoms with E-state index in [0.717, 1.165) is 12.2 Å². The zero-order chi connectivity index (χ0) is 14.8. The fourth-order valence-electron chi connectivity index (χ4n) is 2.93. The molecule has 0 fully saturated rings. The third-order valence-corrected chi connectivity index (χ3v) is 4.86. The molecule has 1 heterocycles. The van der Waals surface area contributed by atoms with Gasteiger partial charge in [0.25, 0.3) is 0 Å². The zero-order valence-corrected chi connectivity index (χ0v) is 13.1. The SMILES string of the molecule is c1ccc(-c2ccc(-c3cccc4c3NSCC4)cc2)cc1. The number of hydrogen-bond donors (Lipinski definition) is 1. The lowest BCUT2D eigenvalue weighted by Crippen LogP contribution is -2.05. The lowest BCUT2D eigenvalue weighted by Gasteiger charge is -2.20. The Bertz CT molecular complexity index is 779. The Morgan fingerprint density at radius 2 is 1.41 bits per heavy atom. The topological polar surface area (TPSA) is 12.0 Å². The Balaban J connectivity index is 1.72. The van der Waals surface area contributed by atoms with Gasteiger partial charge in [-0.15, -0.1) is 0 Å². The highest BCUT2D eigenvalue weighted by Gasteiger charge is 2.13. The second-order valence-corrected chi connectivity index (χ2v) is 6.38. The van der Waals surface area contributed by atoms with Crippen LogP contribution in [0.1, 0.15) is 5.56 Å². The first-order valence-electron chi connectivity index (χ1n) is 7.57. The van der Waals surface area contributed by atoms with E-state index in [0.29, 0.717) is 0 Å². The van der Waals surface area contributed by atoms with Crippen LogP contribution in [-0.4, -0.2) is 5.75 Å². The van der Waals surface area contributed by atoms with Gasteiger partial charge < -0.3 is 4.72 Å². The average molecular weight is 303 g/mol. The predicted molar refractivity (Wildman–Crippen MR) is 97.1 cm³/mol. The Kier molecular flexibility index (Phi) is 3.61. The van der Waals surface area contributed by atoms with Crippen molar-refractivity contribution in [2.24, 2.45) is 0 Å². The van der Waals surface area contributed by atoms with Crippen LogP contribution in [0.3, 0.4) is 0 Å². The molecule has 4 rings (SSSR count). The van der Waals surface area contributed by atoms with Gasteiger partial charge in [-0.3, -0.25) is 0 Å².